The van der Waals surface area contributed by atoms with Crippen LogP contribution in [0.3, 0.4) is 0 Å². The van der Waals surface area contributed by atoms with Crippen molar-refractivity contribution >= 4 is 0 Å². The predicted octanol–water partition coefficient (Wildman–Crippen LogP) is 3.45. The standard InChI is InChI=1S/C16H26N2O/c1-5-15-14(9-12(4)17-18-15)16(19)13-7-10(2)6-11(3)8-13/h9-11,13,16,19H,5-8H2,1-4H3. The second-order valence-corrected chi connectivity index (χ2v) is 6.36. The van der Waals surface area contributed by atoms with Gasteiger partial charge in [0.1, 0.15) is 0 Å². The first-order valence-electron chi connectivity index (χ1n) is 7.52. The molecule has 1 heterocycles. The van der Waals surface area contributed by atoms with Crippen LogP contribution in [0, 0.1) is 24.7 Å². The van der Waals surface area contributed by atoms with E-state index in [-0.39, 0.29) is 6.10 Å². The minimum Gasteiger partial charge on any atom is -0.388 e. The van der Waals surface area contributed by atoms with E-state index in [1.165, 1.54) is 6.42 Å². The van der Waals surface area contributed by atoms with E-state index < -0.39 is 0 Å². The first-order chi connectivity index (χ1) is 9.01. The number of aryl methyl sites for hydroxylation is 2. The summed E-state index contributed by atoms with van der Waals surface area (Å²) in [6, 6.07) is 2.01. The van der Waals surface area contributed by atoms with Crippen molar-refractivity contribution in [1.82, 2.24) is 10.2 Å². The van der Waals surface area contributed by atoms with Gasteiger partial charge in [0.05, 0.1) is 17.5 Å². The molecule has 1 N–H and O–H groups in total. The summed E-state index contributed by atoms with van der Waals surface area (Å²) in [5.41, 5.74) is 2.84. The molecule has 1 fully saturated rings. The van der Waals surface area contributed by atoms with Crippen LogP contribution < -0.4 is 0 Å². The Morgan fingerprint density at radius 1 is 1.21 bits per heavy atom. The van der Waals surface area contributed by atoms with Crippen LogP contribution in [-0.2, 0) is 6.42 Å². The fraction of sp³-hybridized carbons (Fsp3) is 0.750. The van der Waals surface area contributed by atoms with Gasteiger partial charge >= 0.3 is 0 Å². The van der Waals surface area contributed by atoms with Crippen LogP contribution in [0.4, 0.5) is 0 Å². The number of rotatable bonds is 3. The number of aliphatic hydroxyl groups is 1. The second-order valence-electron chi connectivity index (χ2n) is 6.36. The number of hydrogen-bond donors (Lipinski definition) is 1. The van der Waals surface area contributed by atoms with Crippen LogP contribution >= 0.6 is 0 Å². The van der Waals surface area contributed by atoms with E-state index in [9.17, 15) is 5.11 Å². The van der Waals surface area contributed by atoms with Gasteiger partial charge in [0, 0.05) is 5.56 Å². The maximum atomic E-state index is 10.7. The highest BCUT2D eigenvalue weighted by molar-refractivity contribution is 5.24. The molecule has 1 saturated carbocycles. The molecule has 0 aromatic carbocycles. The first-order valence-corrected chi connectivity index (χ1v) is 7.52. The number of nitrogens with zero attached hydrogens (tertiary/aromatic N) is 2. The lowest BCUT2D eigenvalue weighted by atomic mass is 9.73. The summed E-state index contributed by atoms with van der Waals surface area (Å²) in [5.74, 6) is 1.79. The smallest absolute Gasteiger partial charge is 0.0837 e. The molecule has 1 aromatic rings. The van der Waals surface area contributed by atoms with E-state index in [0.29, 0.717) is 17.8 Å². The second kappa shape index (κ2) is 6.00. The van der Waals surface area contributed by atoms with Gasteiger partial charge in [0.25, 0.3) is 0 Å². The topological polar surface area (TPSA) is 46.0 Å². The molecule has 0 amide bonds. The highest BCUT2D eigenvalue weighted by Crippen LogP contribution is 2.40. The van der Waals surface area contributed by atoms with E-state index in [1.807, 2.05) is 13.0 Å². The zero-order valence-corrected chi connectivity index (χ0v) is 12.6. The van der Waals surface area contributed by atoms with Crippen molar-refractivity contribution in [2.24, 2.45) is 17.8 Å². The lowest BCUT2D eigenvalue weighted by Gasteiger charge is -2.34. The van der Waals surface area contributed by atoms with Gasteiger partial charge in [-0.15, -0.1) is 0 Å². The number of hydrogen-bond acceptors (Lipinski definition) is 3. The van der Waals surface area contributed by atoms with Crippen molar-refractivity contribution < 1.29 is 5.11 Å². The van der Waals surface area contributed by atoms with Crippen LogP contribution in [0.5, 0.6) is 0 Å². The highest BCUT2D eigenvalue weighted by Gasteiger charge is 2.31. The van der Waals surface area contributed by atoms with Gasteiger partial charge in [0.15, 0.2) is 0 Å². The van der Waals surface area contributed by atoms with E-state index in [0.717, 1.165) is 36.2 Å². The van der Waals surface area contributed by atoms with Crippen LogP contribution in [-0.4, -0.2) is 15.3 Å². The molecule has 3 nitrogen and oxygen atoms in total. The molecule has 3 unspecified atom stereocenters. The van der Waals surface area contributed by atoms with Crippen molar-refractivity contribution in [3.8, 4) is 0 Å². The molecule has 0 saturated heterocycles. The Hall–Kier alpha value is -0.960. The summed E-state index contributed by atoms with van der Waals surface area (Å²) >= 11 is 0. The summed E-state index contributed by atoms with van der Waals surface area (Å²) in [4.78, 5) is 0. The highest BCUT2D eigenvalue weighted by atomic mass is 16.3. The van der Waals surface area contributed by atoms with Crippen LogP contribution in [0.15, 0.2) is 6.07 Å². The third-order valence-electron chi connectivity index (χ3n) is 4.34. The van der Waals surface area contributed by atoms with Gasteiger partial charge in [0.2, 0.25) is 0 Å². The van der Waals surface area contributed by atoms with E-state index in [4.69, 9.17) is 0 Å². The van der Waals surface area contributed by atoms with Crippen molar-refractivity contribution in [1.29, 1.82) is 0 Å². The number of aliphatic hydroxyl groups excluding tert-OH is 1. The Labute approximate surface area is 116 Å². The molecule has 2 rings (SSSR count). The summed E-state index contributed by atoms with van der Waals surface area (Å²) in [5, 5.41) is 19.1. The van der Waals surface area contributed by atoms with Gasteiger partial charge in [-0.3, -0.25) is 0 Å². The lowest BCUT2D eigenvalue weighted by molar-refractivity contribution is 0.0541. The van der Waals surface area contributed by atoms with Crippen molar-refractivity contribution in [3.63, 3.8) is 0 Å². The Bertz CT molecular complexity index is 423. The molecule has 0 aliphatic heterocycles. The quantitative estimate of drug-likeness (QED) is 0.907. The van der Waals surface area contributed by atoms with Crippen molar-refractivity contribution in [2.75, 3.05) is 0 Å². The molecular weight excluding hydrogens is 236 g/mol. The third-order valence-corrected chi connectivity index (χ3v) is 4.34. The van der Waals surface area contributed by atoms with E-state index in [1.54, 1.807) is 0 Å². The number of aromatic nitrogens is 2. The first kappa shape index (κ1) is 14.4. The zero-order valence-electron chi connectivity index (χ0n) is 12.6. The Balaban J connectivity index is 2.23. The maximum absolute atomic E-state index is 10.7. The molecule has 106 valence electrons. The Morgan fingerprint density at radius 3 is 2.42 bits per heavy atom. The van der Waals surface area contributed by atoms with Gasteiger partial charge in [-0.05, 0) is 56.4 Å². The Morgan fingerprint density at radius 2 is 1.84 bits per heavy atom. The van der Waals surface area contributed by atoms with Gasteiger partial charge in [-0.25, -0.2) is 0 Å². The van der Waals surface area contributed by atoms with Crippen LogP contribution in [0.25, 0.3) is 0 Å². The Kier molecular flexibility index (Phi) is 4.56. The summed E-state index contributed by atoms with van der Waals surface area (Å²) < 4.78 is 0. The third kappa shape index (κ3) is 3.33. The molecule has 0 spiro atoms. The fourth-order valence-corrected chi connectivity index (χ4v) is 3.59. The molecule has 1 aliphatic rings. The molecule has 3 heteroatoms. The largest absolute Gasteiger partial charge is 0.388 e. The average molecular weight is 262 g/mol. The zero-order chi connectivity index (χ0) is 14.0. The van der Waals surface area contributed by atoms with Crippen molar-refractivity contribution in [2.45, 2.75) is 59.5 Å². The average Bonchev–Trinajstić information content (AvgIpc) is 2.36. The SMILES string of the molecule is CCc1nnc(C)cc1C(O)C1CC(C)CC(C)C1. The molecule has 0 radical (unpaired) electrons. The maximum Gasteiger partial charge on any atom is 0.0837 e. The molecule has 1 aliphatic carbocycles. The summed E-state index contributed by atoms with van der Waals surface area (Å²) in [6.07, 6.45) is 3.98. The molecule has 0 bridgehead atoms. The van der Waals surface area contributed by atoms with Crippen molar-refractivity contribution in [3.05, 3.63) is 23.0 Å². The van der Waals surface area contributed by atoms with Gasteiger partial charge in [-0.2, -0.15) is 10.2 Å². The monoisotopic (exact) mass is 262 g/mol. The van der Waals surface area contributed by atoms with Crippen LogP contribution in [0.2, 0.25) is 0 Å². The van der Waals surface area contributed by atoms with Gasteiger partial charge in [-0.1, -0.05) is 20.8 Å². The van der Waals surface area contributed by atoms with E-state index >= 15 is 0 Å². The lowest BCUT2D eigenvalue weighted by Crippen LogP contribution is -2.25. The minimum absolute atomic E-state index is 0.368. The summed E-state index contributed by atoms with van der Waals surface area (Å²) in [7, 11) is 0. The van der Waals surface area contributed by atoms with Crippen LogP contribution in [0.1, 0.15) is 63.1 Å². The molecule has 19 heavy (non-hydrogen) atoms. The van der Waals surface area contributed by atoms with Gasteiger partial charge < -0.3 is 5.11 Å². The minimum atomic E-state index is -0.380. The molecule has 3 atom stereocenters. The molecular formula is C16H26N2O. The normalized spacial score (nSPS) is 29.2. The van der Waals surface area contributed by atoms with E-state index in [2.05, 4.69) is 31.0 Å². The summed E-state index contributed by atoms with van der Waals surface area (Å²) in [6.45, 7) is 8.61. The fourth-order valence-electron chi connectivity index (χ4n) is 3.59. The predicted molar refractivity (Wildman–Crippen MR) is 76.8 cm³/mol. The molecule has 1 aromatic heterocycles.